The maximum absolute atomic E-state index is 11.8. The van der Waals surface area contributed by atoms with E-state index < -0.39 is 0 Å². The topological polar surface area (TPSA) is 39.2 Å². The van der Waals surface area contributed by atoms with Gasteiger partial charge in [-0.2, -0.15) is 0 Å². The molecule has 0 fully saturated rings. The Bertz CT molecular complexity index is 493. The van der Waals surface area contributed by atoms with E-state index in [1.54, 1.807) is 0 Å². The third-order valence-electron chi connectivity index (χ3n) is 4.89. The fourth-order valence-corrected chi connectivity index (χ4v) is 3.36. The first-order chi connectivity index (χ1) is 13.2. The zero-order valence-electron chi connectivity index (χ0n) is 17.1. The monoisotopic (exact) mass is 394 g/mol. The number of hydrogen-bond donors (Lipinski definition) is 0. The van der Waals surface area contributed by atoms with E-state index in [9.17, 15) is 4.79 Å². The number of esters is 1. The van der Waals surface area contributed by atoms with E-state index in [2.05, 4.69) is 18.1 Å². The first-order valence-corrected chi connectivity index (χ1v) is 11.3. The largest absolute Gasteiger partial charge is 0.425 e. The number of pyridine rings is 1. The van der Waals surface area contributed by atoms with Crippen LogP contribution in [0.25, 0.3) is 0 Å². The molecule has 0 aliphatic heterocycles. The van der Waals surface area contributed by atoms with Gasteiger partial charge in [-0.15, -0.1) is 0 Å². The van der Waals surface area contributed by atoms with Gasteiger partial charge >= 0.3 is 5.97 Å². The highest BCUT2D eigenvalue weighted by molar-refractivity contribution is 6.32. The van der Waals surface area contributed by atoms with Gasteiger partial charge in [-0.3, -0.25) is 9.78 Å². The fraction of sp³-hybridized carbons (Fsp3) is 0.739. The smallest absolute Gasteiger partial charge is 0.311 e. The third-order valence-corrected chi connectivity index (χ3v) is 5.18. The van der Waals surface area contributed by atoms with Crippen molar-refractivity contribution in [2.45, 2.75) is 110 Å². The van der Waals surface area contributed by atoms with Crippen molar-refractivity contribution in [3.63, 3.8) is 0 Å². The maximum atomic E-state index is 11.8. The van der Waals surface area contributed by atoms with Crippen LogP contribution in [0.15, 0.2) is 12.3 Å². The van der Waals surface area contributed by atoms with Crippen LogP contribution in [0.2, 0.25) is 5.02 Å². The van der Waals surface area contributed by atoms with Crippen molar-refractivity contribution < 1.29 is 9.53 Å². The molecule has 1 heterocycles. The van der Waals surface area contributed by atoms with Gasteiger partial charge in [-0.25, -0.2) is 0 Å². The molecule has 1 aromatic rings. The molecular weight excluding hydrogens is 358 g/mol. The molecule has 1 radical (unpaired) electrons. The molecule has 0 aliphatic carbocycles. The molecule has 0 bridgehead atoms. The van der Waals surface area contributed by atoms with Gasteiger partial charge in [0.25, 0.3) is 0 Å². The molecule has 3 nitrogen and oxygen atoms in total. The molecule has 0 spiro atoms. The van der Waals surface area contributed by atoms with Crippen molar-refractivity contribution in [1.29, 1.82) is 0 Å². The molecule has 0 saturated heterocycles. The fourth-order valence-electron chi connectivity index (χ4n) is 3.21. The minimum Gasteiger partial charge on any atom is -0.425 e. The summed E-state index contributed by atoms with van der Waals surface area (Å²) in [5.41, 5.74) is 0. The Hall–Kier alpha value is -1.09. The molecular formula is C23H37ClNO2. The minimum atomic E-state index is -0.230. The summed E-state index contributed by atoms with van der Waals surface area (Å²) < 4.78 is 5.22. The predicted molar refractivity (Wildman–Crippen MR) is 113 cm³/mol. The molecule has 27 heavy (non-hydrogen) atoms. The first kappa shape index (κ1) is 23.9. The number of hydrogen-bond acceptors (Lipinski definition) is 3. The summed E-state index contributed by atoms with van der Waals surface area (Å²) in [6, 6.07) is 1.49. The van der Waals surface area contributed by atoms with Gasteiger partial charge in [-0.05, 0) is 6.42 Å². The number of aromatic nitrogens is 1. The van der Waals surface area contributed by atoms with Crippen molar-refractivity contribution in [3.8, 4) is 5.75 Å². The zero-order valence-corrected chi connectivity index (χ0v) is 17.9. The summed E-state index contributed by atoms with van der Waals surface area (Å²) in [4.78, 5) is 15.5. The third kappa shape index (κ3) is 13.7. The highest BCUT2D eigenvalue weighted by atomic mass is 35.5. The highest BCUT2D eigenvalue weighted by Gasteiger charge is 2.07. The van der Waals surface area contributed by atoms with E-state index >= 15 is 0 Å². The molecule has 0 amide bonds. The van der Waals surface area contributed by atoms with Crippen molar-refractivity contribution in [2.75, 3.05) is 0 Å². The summed E-state index contributed by atoms with van der Waals surface area (Å²) in [7, 11) is 0. The van der Waals surface area contributed by atoms with Gasteiger partial charge in [0.1, 0.15) is 5.02 Å². The summed E-state index contributed by atoms with van der Waals surface area (Å²) >= 11 is 5.91. The summed E-state index contributed by atoms with van der Waals surface area (Å²) in [5, 5.41) is 0.346. The van der Waals surface area contributed by atoms with Crippen LogP contribution >= 0.6 is 11.6 Å². The number of carbonyl (C=O) groups is 1. The Morgan fingerprint density at radius 1 is 0.889 bits per heavy atom. The van der Waals surface area contributed by atoms with Crippen molar-refractivity contribution >= 4 is 17.6 Å². The number of unbranched alkanes of at least 4 members (excludes halogenated alkanes) is 14. The van der Waals surface area contributed by atoms with E-state index in [0.29, 0.717) is 17.2 Å². The number of halogens is 1. The number of carbonyl (C=O) groups excluding carboxylic acids is 1. The summed E-state index contributed by atoms with van der Waals surface area (Å²) in [5.74, 6) is 0.115. The van der Waals surface area contributed by atoms with Crippen molar-refractivity contribution in [2.24, 2.45) is 0 Å². The van der Waals surface area contributed by atoms with E-state index in [4.69, 9.17) is 16.3 Å². The molecule has 0 unspecified atom stereocenters. The standard InChI is InChI=1S/C23H37ClNO2/c1-2-3-4-5-6-7-8-9-10-11-12-13-14-15-16-17-23(26)27-22-18-19-25-20-21(22)24/h18,20H,2-17H2,1H3. The van der Waals surface area contributed by atoms with Gasteiger partial charge in [0.2, 0.25) is 0 Å². The molecule has 4 heteroatoms. The Kier molecular flexibility index (Phi) is 15.1. The second-order valence-electron chi connectivity index (χ2n) is 7.42. The second kappa shape index (κ2) is 17.0. The Labute approximate surface area is 171 Å². The lowest BCUT2D eigenvalue weighted by molar-refractivity contribution is -0.134. The van der Waals surface area contributed by atoms with Crippen molar-refractivity contribution in [3.05, 3.63) is 23.5 Å². The Balaban J connectivity index is 1.82. The van der Waals surface area contributed by atoms with Gasteiger partial charge in [0.05, 0.1) is 12.4 Å². The van der Waals surface area contributed by atoms with E-state index in [1.165, 1.54) is 95.7 Å². The van der Waals surface area contributed by atoms with Gasteiger partial charge < -0.3 is 4.74 Å². The molecule has 0 atom stereocenters. The van der Waals surface area contributed by atoms with E-state index in [0.717, 1.165) is 12.8 Å². The summed E-state index contributed by atoms with van der Waals surface area (Å²) in [6.07, 6.45) is 24.2. The van der Waals surface area contributed by atoms with Crippen LogP contribution < -0.4 is 4.74 Å². The van der Waals surface area contributed by atoms with E-state index in [1.807, 2.05) is 0 Å². The number of rotatable bonds is 17. The average Bonchev–Trinajstić information content (AvgIpc) is 2.66. The van der Waals surface area contributed by atoms with Gasteiger partial charge in [-0.1, -0.05) is 108 Å². The van der Waals surface area contributed by atoms with Crippen LogP contribution in [-0.2, 0) is 4.79 Å². The minimum absolute atomic E-state index is 0.230. The average molecular weight is 395 g/mol. The molecule has 0 aromatic carbocycles. The highest BCUT2D eigenvalue weighted by Crippen LogP contribution is 2.22. The maximum Gasteiger partial charge on any atom is 0.311 e. The van der Waals surface area contributed by atoms with Gasteiger partial charge in [0.15, 0.2) is 5.75 Å². The Morgan fingerprint density at radius 2 is 1.37 bits per heavy atom. The molecule has 0 aliphatic rings. The van der Waals surface area contributed by atoms with Crippen LogP contribution in [0, 0.1) is 6.20 Å². The molecule has 1 rings (SSSR count). The molecule has 1 aromatic heterocycles. The second-order valence-corrected chi connectivity index (χ2v) is 7.82. The van der Waals surface area contributed by atoms with Gasteiger partial charge in [0, 0.05) is 12.5 Å². The number of ether oxygens (including phenoxy) is 1. The lowest BCUT2D eigenvalue weighted by Gasteiger charge is -2.05. The van der Waals surface area contributed by atoms with Crippen LogP contribution in [0.1, 0.15) is 110 Å². The van der Waals surface area contributed by atoms with E-state index in [-0.39, 0.29) is 5.97 Å². The molecule has 0 N–H and O–H groups in total. The Morgan fingerprint density at radius 3 is 1.85 bits per heavy atom. The van der Waals surface area contributed by atoms with Crippen molar-refractivity contribution in [1.82, 2.24) is 4.98 Å². The lowest BCUT2D eigenvalue weighted by Crippen LogP contribution is -2.07. The quantitative estimate of drug-likeness (QED) is 0.200. The van der Waals surface area contributed by atoms with Crippen LogP contribution in [0.4, 0.5) is 0 Å². The first-order valence-electron chi connectivity index (χ1n) is 11.0. The molecule has 153 valence electrons. The summed E-state index contributed by atoms with van der Waals surface area (Å²) in [6.45, 7) is 2.27. The normalized spacial score (nSPS) is 10.9. The van der Waals surface area contributed by atoms with Crippen LogP contribution in [0.5, 0.6) is 5.75 Å². The number of nitrogens with zero attached hydrogens (tertiary/aromatic N) is 1. The lowest BCUT2D eigenvalue weighted by atomic mass is 10.0. The van der Waals surface area contributed by atoms with Crippen LogP contribution in [0.3, 0.4) is 0 Å². The van der Waals surface area contributed by atoms with Crippen LogP contribution in [-0.4, -0.2) is 11.0 Å². The predicted octanol–water partition coefficient (Wildman–Crippen LogP) is 7.70. The zero-order chi connectivity index (χ0) is 19.6. The molecule has 0 saturated carbocycles. The SMILES string of the molecule is CCCCCCCCCCCCCCCCCC(=O)Oc1c[c]ncc1Cl.